The number of nitriles is 1. The van der Waals surface area contributed by atoms with E-state index >= 15 is 0 Å². The number of oxazole rings is 1. The molecule has 0 N–H and O–H groups in total. The van der Waals surface area contributed by atoms with Crippen LogP contribution in [0.3, 0.4) is 0 Å². The molecule has 27 heavy (non-hydrogen) atoms. The van der Waals surface area contributed by atoms with Crippen LogP contribution in [0.2, 0.25) is 0 Å². The lowest BCUT2D eigenvalue weighted by molar-refractivity contribution is 0.0276. The molecule has 7 heteroatoms. The van der Waals surface area contributed by atoms with Crippen LogP contribution in [0, 0.1) is 11.3 Å². The molecule has 1 amide bonds. The van der Waals surface area contributed by atoms with Gasteiger partial charge in [0.1, 0.15) is 5.76 Å². The second kappa shape index (κ2) is 7.91. The topological polar surface area (TPSA) is 82.6 Å². The van der Waals surface area contributed by atoms with E-state index < -0.39 is 0 Å². The van der Waals surface area contributed by atoms with Gasteiger partial charge in [-0.1, -0.05) is 12.1 Å². The summed E-state index contributed by atoms with van der Waals surface area (Å²) in [5, 5.41) is 8.90. The highest BCUT2D eigenvalue weighted by Gasteiger charge is 2.26. The summed E-state index contributed by atoms with van der Waals surface area (Å²) in [5.41, 5.74) is 2.76. The Bertz CT molecular complexity index is 822. The smallest absolute Gasteiger partial charge is 0.309 e. The van der Waals surface area contributed by atoms with Crippen LogP contribution in [0.4, 0.5) is 0 Å². The lowest BCUT2D eigenvalue weighted by atomic mass is 10.1. The zero-order valence-electron chi connectivity index (χ0n) is 15.2. The molecule has 2 aromatic rings. The number of rotatable bonds is 3. The SMILES string of the molecule is N#Cc1ccc(CN2CCc3nc(C(=O)N4CCOCC4)oc3CC2)cc1. The Morgan fingerprint density at radius 1 is 1.11 bits per heavy atom. The van der Waals surface area contributed by atoms with Crippen molar-refractivity contribution in [3.05, 3.63) is 52.7 Å². The maximum Gasteiger partial charge on any atom is 0.309 e. The molecule has 4 rings (SSSR count). The molecule has 2 aliphatic heterocycles. The summed E-state index contributed by atoms with van der Waals surface area (Å²) in [5.74, 6) is 0.900. The number of ether oxygens (including phenoxy) is 1. The van der Waals surface area contributed by atoms with Gasteiger partial charge in [-0.05, 0) is 17.7 Å². The van der Waals surface area contributed by atoms with E-state index in [0.717, 1.165) is 43.9 Å². The third kappa shape index (κ3) is 4.02. The number of hydrogen-bond donors (Lipinski definition) is 0. The number of carbonyl (C=O) groups is 1. The Hall–Kier alpha value is -2.69. The van der Waals surface area contributed by atoms with Gasteiger partial charge in [-0.2, -0.15) is 5.26 Å². The van der Waals surface area contributed by atoms with Gasteiger partial charge < -0.3 is 14.1 Å². The van der Waals surface area contributed by atoms with Crippen molar-refractivity contribution in [1.82, 2.24) is 14.8 Å². The molecule has 1 fully saturated rings. The molecule has 1 aromatic carbocycles. The third-order valence-electron chi connectivity index (χ3n) is 5.07. The van der Waals surface area contributed by atoms with Gasteiger partial charge in [-0.3, -0.25) is 9.69 Å². The molecule has 7 nitrogen and oxygen atoms in total. The van der Waals surface area contributed by atoms with E-state index in [1.54, 1.807) is 4.90 Å². The molecule has 1 aromatic heterocycles. The average molecular weight is 366 g/mol. The second-order valence-electron chi connectivity index (χ2n) is 6.88. The fourth-order valence-electron chi connectivity index (χ4n) is 3.50. The lowest BCUT2D eigenvalue weighted by Crippen LogP contribution is -2.40. The number of hydrogen-bond acceptors (Lipinski definition) is 6. The number of fused-ring (bicyclic) bond motifs is 1. The molecule has 0 aliphatic carbocycles. The monoisotopic (exact) mass is 366 g/mol. The molecule has 0 saturated carbocycles. The second-order valence-corrected chi connectivity index (χ2v) is 6.88. The van der Waals surface area contributed by atoms with Crippen molar-refractivity contribution in [3.8, 4) is 6.07 Å². The zero-order valence-corrected chi connectivity index (χ0v) is 15.2. The summed E-state index contributed by atoms with van der Waals surface area (Å²) in [6.45, 7) is 4.86. The van der Waals surface area contributed by atoms with E-state index in [9.17, 15) is 4.79 Å². The maximum absolute atomic E-state index is 12.5. The first kappa shape index (κ1) is 17.7. The molecule has 3 heterocycles. The third-order valence-corrected chi connectivity index (χ3v) is 5.07. The minimum Gasteiger partial charge on any atom is -0.437 e. The van der Waals surface area contributed by atoms with E-state index in [4.69, 9.17) is 14.4 Å². The van der Waals surface area contributed by atoms with Crippen LogP contribution in [-0.2, 0) is 24.1 Å². The fourth-order valence-corrected chi connectivity index (χ4v) is 3.50. The molecule has 0 unspecified atom stereocenters. The Morgan fingerprint density at radius 2 is 1.85 bits per heavy atom. The first-order valence-electron chi connectivity index (χ1n) is 9.30. The molecule has 0 spiro atoms. The zero-order chi connectivity index (χ0) is 18.6. The van der Waals surface area contributed by atoms with Gasteiger partial charge in [-0.25, -0.2) is 4.98 Å². The van der Waals surface area contributed by atoms with Crippen LogP contribution in [0.25, 0.3) is 0 Å². The maximum atomic E-state index is 12.5. The molecular formula is C20H22N4O3. The largest absolute Gasteiger partial charge is 0.437 e. The minimum absolute atomic E-state index is 0.138. The van der Waals surface area contributed by atoms with Crippen LogP contribution >= 0.6 is 0 Å². The Balaban J connectivity index is 1.38. The van der Waals surface area contributed by atoms with E-state index in [0.29, 0.717) is 31.9 Å². The standard InChI is InChI=1S/C20H22N4O3/c21-13-15-1-3-16(4-2-15)14-23-7-5-17-18(6-8-23)27-19(22-17)20(25)24-9-11-26-12-10-24/h1-4H,5-12,14H2. The van der Waals surface area contributed by atoms with Gasteiger partial charge in [0.05, 0.1) is 30.5 Å². The number of carbonyl (C=O) groups excluding carboxylic acids is 1. The Morgan fingerprint density at radius 3 is 2.59 bits per heavy atom. The number of amides is 1. The molecule has 140 valence electrons. The van der Waals surface area contributed by atoms with Crippen molar-refractivity contribution in [3.63, 3.8) is 0 Å². The summed E-state index contributed by atoms with van der Waals surface area (Å²) in [7, 11) is 0. The number of benzene rings is 1. The highest BCUT2D eigenvalue weighted by atomic mass is 16.5. The minimum atomic E-state index is -0.138. The van der Waals surface area contributed by atoms with E-state index in [1.165, 1.54) is 5.56 Å². The molecule has 0 radical (unpaired) electrons. The van der Waals surface area contributed by atoms with Crippen molar-refractivity contribution in [1.29, 1.82) is 5.26 Å². The Labute approximate surface area is 158 Å². The summed E-state index contributed by atoms with van der Waals surface area (Å²) in [6.07, 6.45) is 1.51. The first-order valence-corrected chi connectivity index (χ1v) is 9.30. The summed E-state index contributed by atoms with van der Waals surface area (Å²) >= 11 is 0. The number of nitrogens with zero attached hydrogens (tertiary/aromatic N) is 4. The van der Waals surface area contributed by atoms with Crippen molar-refractivity contribution in [2.45, 2.75) is 19.4 Å². The predicted octanol–water partition coefficient (Wildman–Crippen LogP) is 1.62. The van der Waals surface area contributed by atoms with Gasteiger partial charge >= 0.3 is 5.91 Å². The van der Waals surface area contributed by atoms with Gasteiger partial charge in [-0.15, -0.1) is 0 Å². The van der Waals surface area contributed by atoms with Gasteiger partial charge in [0.15, 0.2) is 0 Å². The lowest BCUT2D eigenvalue weighted by Gasteiger charge is -2.25. The average Bonchev–Trinajstić information content (AvgIpc) is 3.04. The van der Waals surface area contributed by atoms with Crippen LogP contribution in [0.1, 0.15) is 33.3 Å². The molecule has 1 saturated heterocycles. The highest BCUT2D eigenvalue weighted by molar-refractivity contribution is 5.89. The predicted molar refractivity (Wildman–Crippen MR) is 97.1 cm³/mol. The van der Waals surface area contributed by atoms with Crippen molar-refractivity contribution in [2.24, 2.45) is 0 Å². The highest BCUT2D eigenvalue weighted by Crippen LogP contribution is 2.20. The van der Waals surface area contributed by atoms with Gasteiger partial charge in [0, 0.05) is 45.6 Å². The van der Waals surface area contributed by atoms with E-state index in [-0.39, 0.29) is 11.8 Å². The van der Waals surface area contributed by atoms with Gasteiger partial charge in [0.2, 0.25) is 0 Å². The van der Waals surface area contributed by atoms with E-state index in [2.05, 4.69) is 16.0 Å². The number of aromatic nitrogens is 1. The normalized spacial score (nSPS) is 17.8. The molecular weight excluding hydrogens is 344 g/mol. The Kier molecular flexibility index (Phi) is 5.19. The fraction of sp³-hybridized carbons (Fsp3) is 0.450. The summed E-state index contributed by atoms with van der Waals surface area (Å²) in [4.78, 5) is 21.1. The van der Waals surface area contributed by atoms with Crippen molar-refractivity contribution in [2.75, 3.05) is 39.4 Å². The molecule has 0 atom stereocenters. The first-order chi connectivity index (χ1) is 13.2. The number of morpholine rings is 1. The van der Waals surface area contributed by atoms with Crippen LogP contribution in [-0.4, -0.2) is 60.1 Å². The quantitative estimate of drug-likeness (QED) is 0.821. The van der Waals surface area contributed by atoms with Gasteiger partial charge in [0.25, 0.3) is 5.89 Å². The summed E-state index contributed by atoms with van der Waals surface area (Å²) < 4.78 is 11.1. The summed E-state index contributed by atoms with van der Waals surface area (Å²) in [6, 6.07) is 9.84. The molecule has 2 aliphatic rings. The van der Waals surface area contributed by atoms with Crippen molar-refractivity contribution < 1.29 is 13.9 Å². The van der Waals surface area contributed by atoms with Crippen LogP contribution < -0.4 is 0 Å². The molecule has 0 bridgehead atoms. The van der Waals surface area contributed by atoms with Crippen LogP contribution in [0.5, 0.6) is 0 Å². The van der Waals surface area contributed by atoms with Crippen LogP contribution in [0.15, 0.2) is 28.7 Å². The van der Waals surface area contributed by atoms with E-state index in [1.807, 2.05) is 24.3 Å². The van der Waals surface area contributed by atoms with Crippen molar-refractivity contribution >= 4 is 5.91 Å².